The van der Waals surface area contributed by atoms with Crippen molar-refractivity contribution in [2.75, 3.05) is 31.4 Å². The highest BCUT2D eigenvalue weighted by Crippen LogP contribution is 2.21. The van der Waals surface area contributed by atoms with Crippen LogP contribution in [0.5, 0.6) is 0 Å². The van der Waals surface area contributed by atoms with E-state index in [4.69, 9.17) is 0 Å². The van der Waals surface area contributed by atoms with Crippen LogP contribution in [-0.2, 0) is 10.2 Å². The number of piperidine rings is 1. The summed E-state index contributed by atoms with van der Waals surface area (Å²) in [5.41, 5.74) is 0.0182. The van der Waals surface area contributed by atoms with Crippen LogP contribution in [0.15, 0.2) is 18.2 Å². The Morgan fingerprint density at radius 2 is 2.10 bits per heavy atom. The van der Waals surface area contributed by atoms with Crippen molar-refractivity contribution in [2.45, 2.75) is 12.8 Å². The van der Waals surface area contributed by atoms with Gasteiger partial charge in [0, 0.05) is 19.2 Å². The van der Waals surface area contributed by atoms with Gasteiger partial charge in [-0.3, -0.25) is 4.72 Å². The molecule has 118 valence electrons. The van der Waals surface area contributed by atoms with E-state index in [0.717, 1.165) is 31.5 Å². The number of hydrogen-bond acceptors (Lipinski definition) is 3. The molecule has 0 aromatic heterocycles. The highest BCUT2D eigenvalue weighted by Gasteiger charge is 2.28. The SMILES string of the molecule is CNCC1CCCN(S(=O)(=O)Nc2ccc(F)c(F)c2)C1. The molecule has 0 saturated carbocycles. The van der Waals surface area contributed by atoms with E-state index in [0.29, 0.717) is 13.1 Å². The van der Waals surface area contributed by atoms with Crippen molar-refractivity contribution in [3.8, 4) is 0 Å². The lowest BCUT2D eigenvalue weighted by Gasteiger charge is -2.31. The Morgan fingerprint density at radius 1 is 1.33 bits per heavy atom. The molecule has 2 N–H and O–H groups in total. The highest BCUT2D eigenvalue weighted by molar-refractivity contribution is 7.90. The second kappa shape index (κ2) is 6.67. The van der Waals surface area contributed by atoms with Gasteiger partial charge in [0.2, 0.25) is 0 Å². The van der Waals surface area contributed by atoms with Crippen LogP contribution in [0.4, 0.5) is 14.5 Å². The average Bonchev–Trinajstić information content (AvgIpc) is 2.43. The van der Waals surface area contributed by atoms with E-state index in [1.165, 1.54) is 10.4 Å². The first-order valence-corrected chi connectivity index (χ1v) is 8.24. The quantitative estimate of drug-likeness (QED) is 0.866. The number of nitrogens with zero attached hydrogens (tertiary/aromatic N) is 1. The molecule has 0 aliphatic carbocycles. The smallest absolute Gasteiger partial charge is 0.301 e. The van der Waals surface area contributed by atoms with E-state index in [-0.39, 0.29) is 11.6 Å². The highest BCUT2D eigenvalue weighted by atomic mass is 32.2. The zero-order valence-corrected chi connectivity index (χ0v) is 12.6. The lowest BCUT2D eigenvalue weighted by Crippen LogP contribution is -2.44. The first-order chi connectivity index (χ1) is 9.92. The molecular formula is C13H19F2N3O2S. The predicted octanol–water partition coefficient (Wildman–Crippen LogP) is 1.55. The van der Waals surface area contributed by atoms with Gasteiger partial charge in [0.1, 0.15) is 0 Å². The van der Waals surface area contributed by atoms with Gasteiger partial charge in [-0.25, -0.2) is 8.78 Å². The van der Waals surface area contributed by atoms with Crippen molar-refractivity contribution in [1.82, 2.24) is 9.62 Å². The minimum Gasteiger partial charge on any atom is -0.319 e. The molecule has 8 heteroatoms. The molecule has 1 unspecified atom stereocenters. The molecule has 1 saturated heterocycles. The van der Waals surface area contributed by atoms with Gasteiger partial charge >= 0.3 is 10.2 Å². The van der Waals surface area contributed by atoms with E-state index in [2.05, 4.69) is 10.0 Å². The molecule has 1 aliphatic heterocycles. The van der Waals surface area contributed by atoms with E-state index < -0.39 is 21.8 Å². The molecule has 1 aromatic carbocycles. The van der Waals surface area contributed by atoms with Gasteiger partial charge in [-0.2, -0.15) is 12.7 Å². The lowest BCUT2D eigenvalue weighted by molar-refractivity contribution is 0.264. The Labute approximate surface area is 123 Å². The summed E-state index contributed by atoms with van der Waals surface area (Å²) < 4.78 is 54.2. The van der Waals surface area contributed by atoms with E-state index in [1.54, 1.807) is 0 Å². The minimum absolute atomic E-state index is 0.0182. The van der Waals surface area contributed by atoms with Crippen LogP contribution in [0.2, 0.25) is 0 Å². The number of benzene rings is 1. The van der Waals surface area contributed by atoms with Crippen molar-refractivity contribution in [2.24, 2.45) is 5.92 Å². The van der Waals surface area contributed by atoms with Gasteiger partial charge in [0.25, 0.3) is 0 Å². The van der Waals surface area contributed by atoms with Crippen LogP contribution in [-0.4, -0.2) is 39.4 Å². The van der Waals surface area contributed by atoms with Crippen LogP contribution in [0, 0.1) is 17.6 Å². The first kappa shape index (κ1) is 16.1. The molecule has 5 nitrogen and oxygen atoms in total. The average molecular weight is 319 g/mol. The Hall–Kier alpha value is -1.25. The van der Waals surface area contributed by atoms with Gasteiger partial charge in [-0.15, -0.1) is 0 Å². The topological polar surface area (TPSA) is 61.4 Å². The molecule has 1 atom stereocenters. The first-order valence-electron chi connectivity index (χ1n) is 6.80. The predicted molar refractivity (Wildman–Crippen MR) is 77.1 cm³/mol. The number of rotatable bonds is 5. The maximum atomic E-state index is 13.1. The molecule has 0 spiro atoms. The maximum Gasteiger partial charge on any atom is 0.301 e. The number of hydrogen-bond donors (Lipinski definition) is 2. The largest absolute Gasteiger partial charge is 0.319 e. The van der Waals surface area contributed by atoms with Crippen LogP contribution in [0.3, 0.4) is 0 Å². The van der Waals surface area contributed by atoms with Crippen LogP contribution >= 0.6 is 0 Å². The monoisotopic (exact) mass is 319 g/mol. The van der Waals surface area contributed by atoms with Crippen molar-refractivity contribution < 1.29 is 17.2 Å². The maximum absolute atomic E-state index is 13.1. The summed E-state index contributed by atoms with van der Waals surface area (Å²) >= 11 is 0. The Bertz CT molecular complexity index is 593. The Kier molecular flexibility index (Phi) is 5.13. The second-order valence-electron chi connectivity index (χ2n) is 5.16. The molecule has 0 radical (unpaired) electrons. The second-order valence-corrected chi connectivity index (χ2v) is 6.83. The van der Waals surface area contributed by atoms with E-state index >= 15 is 0 Å². The van der Waals surface area contributed by atoms with Crippen LogP contribution in [0.25, 0.3) is 0 Å². The number of nitrogens with one attached hydrogen (secondary N) is 2. The third-order valence-electron chi connectivity index (χ3n) is 3.48. The van der Waals surface area contributed by atoms with E-state index in [1.807, 2.05) is 7.05 Å². The van der Waals surface area contributed by atoms with Crippen molar-refractivity contribution in [3.63, 3.8) is 0 Å². The molecule has 1 aliphatic rings. The molecule has 21 heavy (non-hydrogen) atoms. The lowest BCUT2D eigenvalue weighted by atomic mass is 10.00. The zero-order valence-electron chi connectivity index (χ0n) is 11.8. The fraction of sp³-hybridized carbons (Fsp3) is 0.538. The zero-order chi connectivity index (χ0) is 15.5. The van der Waals surface area contributed by atoms with Crippen LogP contribution in [0.1, 0.15) is 12.8 Å². The Morgan fingerprint density at radius 3 is 2.76 bits per heavy atom. The summed E-state index contributed by atoms with van der Waals surface area (Å²) in [6.45, 7) is 1.59. The van der Waals surface area contributed by atoms with Crippen molar-refractivity contribution in [1.29, 1.82) is 0 Å². The minimum atomic E-state index is -3.75. The van der Waals surface area contributed by atoms with Gasteiger partial charge in [0.05, 0.1) is 5.69 Å². The fourth-order valence-corrected chi connectivity index (χ4v) is 3.80. The third kappa shape index (κ3) is 4.12. The third-order valence-corrected chi connectivity index (χ3v) is 4.99. The van der Waals surface area contributed by atoms with E-state index in [9.17, 15) is 17.2 Å². The molecule has 1 heterocycles. The van der Waals surface area contributed by atoms with Gasteiger partial charge < -0.3 is 5.32 Å². The van der Waals surface area contributed by atoms with Crippen molar-refractivity contribution in [3.05, 3.63) is 29.8 Å². The summed E-state index contributed by atoms with van der Waals surface area (Å²) in [6.07, 6.45) is 1.75. The fourth-order valence-electron chi connectivity index (χ4n) is 2.47. The van der Waals surface area contributed by atoms with Crippen LogP contribution < -0.4 is 10.0 Å². The van der Waals surface area contributed by atoms with Crippen molar-refractivity contribution >= 4 is 15.9 Å². The number of halogens is 2. The molecule has 1 aromatic rings. The molecule has 2 rings (SSSR count). The molecular weight excluding hydrogens is 300 g/mol. The summed E-state index contributed by atoms with van der Waals surface area (Å²) in [6, 6.07) is 2.93. The standard InChI is InChI=1S/C13H19F2N3O2S/c1-16-8-10-3-2-6-18(9-10)21(19,20)17-11-4-5-12(14)13(15)7-11/h4-5,7,10,16-17H,2-3,6,8-9H2,1H3. The van der Waals surface area contributed by atoms with Gasteiger partial charge in [-0.1, -0.05) is 0 Å². The summed E-state index contributed by atoms with van der Waals surface area (Å²) in [4.78, 5) is 0. The molecule has 0 bridgehead atoms. The molecule has 1 fully saturated rings. The van der Waals surface area contributed by atoms with Gasteiger partial charge in [0.15, 0.2) is 11.6 Å². The summed E-state index contributed by atoms with van der Waals surface area (Å²) in [5.74, 6) is -1.84. The number of anilines is 1. The Balaban J connectivity index is 2.08. The summed E-state index contributed by atoms with van der Waals surface area (Å²) in [5, 5.41) is 3.04. The normalized spacial score (nSPS) is 20.4. The molecule has 0 amide bonds. The summed E-state index contributed by atoms with van der Waals surface area (Å²) in [7, 11) is -1.92. The van der Waals surface area contributed by atoms with Gasteiger partial charge in [-0.05, 0) is 44.5 Å².